The van der Waals surface area contributed by atoms with Crippen molar-refractivity contribution in [3.63, 3.8) is 0 Å². The fourth-order valence-corrected chi connectivity index (χ4v) is 8.53. The van der Waals surface area contributed by atoms with Gasteiger partial charge in [0.25, 0.3) is 0 Å². The van der Waals surface area contributed by atoms with E-state index in [1.807, 2.05) is 0 Å². The van der Waals surface area contributed by atoms with Gasteiger partial charge in [-0.15, -0.1) is 0 Å². The van der Waals surface area contributed by atoms with Crippen LogP contribution in [-0.2, 0) is 28.6 Å². The van der Waals surface area contributed by atoms with Crippen LogP contribution in [0, 0.1) is 0 Å². The third-order valence-electron chi connectivity index (χ3n) is 13.2. The topological polar surface area (TPSA) is 78.9 Å². The molecular weight excluding hydrogens is 877 g/mol. The molecule has 0 rings (SSSR count). The van der Waals surface area contributed by atoms with Gasteiger partial charge in [-0.25, -0.2) is 0 Å². The number of allylic oxidation sites excluding steroid dienone is 12. The first kappa shape index (κ1) is 67.8. The molecule has 0 saturated carbocycles. The SMILES string of the molecule is CCCCCC/C=C\C/C=C\CCCCCCCCCC(=O)OC(COC(=O)CCCCCCC/C=C\CCCCCCC)COC(=O)CCCCCCCC/C=C\C/C=C\C/C=C\CCCCCCC. The summed E-state index contributed by atoms with van der Waals surface area (Å²) in [6, 6.07) is 0. The van der Waals surface area contributed by atoms with Gasteiger partial charge in [0.05, 0.1) is 0 Å². The van der Waals surface area contributed by atoms with Crippen molar-refractivity contribution in [3.05, 3.63) is 72.9 Å². The first-order chi connectivity index (χ1) is 35.0. The summed E-state index contributed by atoms with van der Waals surface area (Å²) in [6.45, 7) is 6.60. The zero-order valence-electron chi connectivity index (χ0n) is 47.0. The minimum Gasteiger partial charge on any atom is -0.462 e. The molecule has 0 heterocycles. The number of rotatable bonds is 55. The lowest BCUT2D eigenvalue weighted by atomic mass is 10.1. The molecule has 71 heavy (non-hydrogen) atoms. The molecular formula is C65H114O6. The number of ether oxygens (including phenoxy) is 3. The zero-order chi connectivity index (χ0) is 51.4. The molecule has 0 aromatic heterocycles. The fraction of sp³-hybridized carbons (Fsp3) is 0.769. The Kier molecular flexibility index (Phi) is 56.8. The van der Waals surface area contributed by atoms with Crippen LogP contribution in [0.1, 0.15) is 303 Å². The highest BCUT2D eigenvalue weighted by Crippen LogP contribution is 2.15. The second kappa shape index (κ2) is 59.4. The summed E-state index contributed by atoms with van der Waals surface area (Å²) >= 11 is 0. The predicted octanol–water partition coefficient (Wildman–Crippen LogP) is 20.5. The van der Waals surface area contributed by atoms with Crippen LogP contribution in [0.25, 0.3) is 0 Å². The van der Waals surface area contributed by atoms with Crippen LogP contribution < -0.4 is 0 Å². The molecule has 0 N–H and O–H groups in total. The lowest BCUT2D eigenvalue weighted by Crippen LogP contribution is -2.30. The van der Waals surface area contributed by atoms with Crippen LogP contribution in [0.15, 0.2) is 72.9 Å². The van der Waals surface area contributed by atoms with E-state index in [2.05, 4.69) is 93.7 Å². The van der Waals surface area contributed by atoms with E-state index >= 15 is 0 Å². The van der Waals surface area contributed by atoms with Crippen LogP contribution >= 0.6 is 0 Å². The second-order valence-electron chi connectivity index (χ2n) is 20.2. The first-order valence-electron chi connectivity index (χ1n) is 30.4. The molecule has 0 aromatic carbocycles. The number of hydrogen-bond donors (Lipinski definition) is 0. The lowest BCUT2D eigenvalue weighted by molar-refractivity contribution is -0.167. The second-order valence-corrected chi connectivity index (χ2v) is 20.2. The number of hydrogen-bond acceptors (Lipinski definition) is 6. The smallest absolute Gasteiger partial charge is 0.306 e. The van der Waals surface area contributed by atoms with Gasteiger partial charge in [-0.05, 0) is 116 Å². The summed E-state index contributed by atoms with van der Waals surface area (Å²) in [6.07, 6.45) is 76.0. The van der Waals surface area contributed by atoms with Gasteiger partial charge < -0.3 is 14.2 Å². The van der Waals surface area contributed by atoms with Gasteiger partial charge in [0, 0.05) is 19.3 Å². The van der Waals surface area contributed by atoms with Crippen LogP contribution in [0.4, 0.5) is 0 Å². The van der Waals surface area contributed by atoms with Crippen molar-refractivity contribution in [2.45, 2.75) is 309 Å². The van der Waals surface area contributed by atoms with Crippen molar-refractivity contribution in [1.82, 2.24) is 0 Å². The highest BCUT2D eigenvalue weighted by Gasteiger charge is 2.19. The summed E-state index contributed by atoms with van der Waals surface area (Å²) < 4.78 is 16.9. The van der Waals surface area contributed by atoms with Crippen molar-refractivity contribution in [1.29, 1.82) is 0 Å². The summed E-state index contributed by atoms with van der Waals surface area (Å²) in [5, 5.41) is 0. The zero-order valence-corrected chi connectivity index (χ0v) is 47.0. The Bertz CT molecular complexity index is 1320. The lowest BCUT2D eigenvalue weighted by Gasteiger charge is -2.18. The van der Waals surface area contributed by atoms with Gasteiger partial charge in [-0.2, -0.15) is 0 Å². The Morgan fingerprint density at radius 1 is 0.282 bits per heavy atom. The van der Waals surface area contributed by atoms with Gasteiger partial charge in [0.15, 0.2) is 6.10 Å². The van der Waals surface area contributed by atoms with E-state index in [-0.39, 0.29) is 31.1 Å². The normalized spacial score (nSPS) is 12.5. The molecule has 0 fully saturated rings. The predicted molar refractivity (Wildman–Crippen MR) is 307 cm³/mol. The number of carbonyl (C=O) groups excluding carboxylic acids is 3. The standard InChI is InChI=1S/C65H114O6/c1-4-7-10-13-16-19-22-25-28-30-32-33-34-36-37-40-43-46-49-52-55-58-64(67)70-61-62(60-69-63(66)57-54-51-48-45-42-39-27-24-21-18-15-12-9-6-3)71-65(68)59-56-53-50-47-44-41-38-35-31-29-26-23-20-17-14-11-8-5-2/h20,22-25,27,29-32,34,36,62H,4-19,21,26,28,33,35,37-61H2,1-3H3/b23-20-,25-22-,27-24-,31-29-,32-30-,36-34-. The molecule has 0 amide bonds. The maximum Gasteiger partial charge on any atom is 0.306 e. The molecule has 1 atom stereocenters. The minimum atomic E-state index is -0.789. The summed E-state index contributed by atoms with van der Waals surface area (Å²) in [7, 11) is 0. The van der Waals surface area contributed by atoms with Crippen molar-refractivity contribution in [2.24, 2.45) is 0 Å². The number of unbranched alkanes of at least 4 members (excludes halogenated alkanes) is 32. The van der Waals surface area contributed by atoms with Crippen LogP contribution in [0.5, 0.6) is 0 Å². The van der Waals surface area contributed by atoms with Crippen molar-refractivity contribution >= 4 is 17.9 Å². The number of carbonyl (C=O) groups is 3. The number of esters is 3. The van der Waals surface area contributed by atoms with E-state index in [0.29, 0.717) is 19.3 Å². The van der Waals surface area contributed by atoms with E-state index in [1.54, 1.807) is 0 Å². The largest absolute Gasteiger partial charge is 0.462 e. The van der Waals surface area contributed by atoms with Gasteiger partial charge in [0.2, 0.25) is 0 Å². The molecule has 0 aliphatic heterocycles. The Balaban J connectivity index is 4.41. The van der Waals surface area contributed by atoms with Crippen molar-refractivity contribution in [2.75, 3.05) is 13.2 Å². The molecule has 1 unspecified atom stereocenters. The molecule has 0 saturated heterocycles. The quantitative estimate of drug-likeness (QED) is 0.0261. The average molecular weight is 992 g/mol. The molecule has 0 aliphatic carbocycles. The maximum atomic E-state index is 12.9. The highest BCUT2D eigenvalue weighted by molar-refractivity contribution is 5.71. The fourth-order valence-electron chi connectivity index (χ4n) is 8.53. The molecule has 6 heteroatoms. The van der Waals surface area contributed by atoms with E-state index in [0.717, 1.165) is 96.3 Å². The monoisotopic (exact) mass is 991 g/mol. The Labute approximate surface area is 440 Å². The first-order valence-corrected chi connectivity index (χ1v) is 30.4. The minimum absolute atomic E-state index is 0.0867. The highest BCUT2D eigenvalue weighted by atomic mass is 16.6. The molecule has 0 bridgehead atoms. The summed E-state index contributed by atoms with van der Waals surface area (Å²) in [5.74, 6) is -0.905. The summed E-state index contributed by atoms with van der Waals surface area (Å²) in [5.41, 5.74) is 0. The van der Waals surface area contributed by atoms with Crippen molar-refractivity contribution in [3.8, 4) is 0 Å². The van der Waals surface area contributed by atoms with Gasteiger partial charge in [-0.3, -0.25) is 14.4 Å². The Morgan fingerprint density at radius 2 is 0.507 bits per heavy atom. The van der Waals surface area contributed by atoms with E-state index in [9.17, 15) is 14.4 Å². The van der Waals surface area contributed by atoms with Crippen LogP contribution in [0.2, 0.25) is 0 Å². The molecule has 0 aromatic rings. The van der Waals surface area contributed by atoms with E-state index < -0.39 is 6.10 Å². The molecule has 410 valence electrons. The van der Waals surface area contributed by atoms with Crippen LogP contribution in [0.3, 0.4) is 0 Å². The Morgan fingerprint density at radius 3 is 0.817 bits per heavy atom. The molecule has 0 aliphatic rings. The molecule has 0 radical (unpaired) electrons. The van der Waals surface area contributed by atoms with Gasteiger partial charge >= 0.3 is 17.9 Å². The third kappa shape index (κ3) is 57.6. The molecule has 6 nitrogen and oxygen atoms in total. The van der Waals surface area contributed by atoms with E-state index in [4.69, 9.17) is 14.2 Å². The molecule has 0 spiro atoms. The van der Waals surface area contributed by atoms with Crippen molar-refractivity contribution < 1.29 is 28.6 Å². The maximum absolute atomic E-state index is 12.9. The van der Waals surface area contributed by atoms with Gasteiger partial charge in [0.1, 0.15) is 13.2 Å². The summed E-state index contributed by atoms with van der Waals surface area (Å²) in [4.78, 5) is 38.2. The van der Waals surface area contributed by atoms with Gasteiger partial charge in [-0.1, -0.05) is 241 Å². The Hall–Kier alpha value is -3.15. The third-order valence-corrected chi connectivity index (χ3v) is 13.2. The average Bonchev–Trinajstić information content (AvgIpc) is 3.37. The van der Waals surface area contributed by atoms with Crippen LogP contribution in [-0.4, -0.2) is 37.2 Å². The van der Waals surface area contributed by atoms with E-state index in [1.165, 1.54) is 167 Å².